The second-order valence-corrected chi connectivity index (χ2v) is 7.89. The second-order valence-electron chi connectivity index (χ2n) is 6.98. The zero-order chi connectivity index (χ0) is 20.4. The molecule has 144 valence electrons. The molecular weight excluding hydrogens is 426 g/mol. The van der Waals surface area contributed by atoms with Gasteiger partial charge in [-0.25, -0.2) is 4.98 Å². The van der Waals surface area contributed by atoms with Crippen LogP contribution in [0.5, 0.6) is 0 Å². The molecule has 0 fully saturated rings. The highest BCUT2D eigenvalue weighted by Crippen LogP contribution is 2.26. The van der Waals surface area contributed by atoms with Gasteiger partial charge >= 0.3 is 0 Å². The van der Waals surface area contributed by atoms with Gasteiger partial charge in [0.25, 0.3) is 0 Å². The van der Waals surface area contributed by atoms with Gasteiger partial charge in [0.2, 0.25) is 5.91 Å². The summed E-state index contributed by atoms with van der Waals surface area (Å²) in [5.41, 5.74) is 6.66. The van der Waals surface area contributed by atoms with E-state index in [2.05, 4.69) is 52.4 Å². The number of carbonyl (C=O) groups excluding carboxylic acids is 1. The van der Waals surface area contributed by atoms with Crippen molar-refractivity contribution < 1.29 is 4.79 Å². The van der Waals surface area contributed by atoms with Crippen molar-refractivity contribution in [3.05, 3.63) is 94.2 Å². The summed E-state index contributed by atoms with van der Waals surface area (Å²) in [7, 11) is 0. The number of benzene rings is 2. The Morgan fingerprint density at radius 1 is 1.03 bits per heavy atom. The number of hydrogen-bond donors (Lipinski definition) is 1. The van der Waals surface area contributed by atoms with E-state index in [1.807, 2.05) is 60.0 Å². The highest BCUT2D eigenvalue weighted by molar-refractivity contribution is 9.10. The van der Waals surface area contributed by atoms with Gasteiger partial charge in [-0.1, -0.05) is 51.8 Å². The molecule has 1 N–H and O–H groups in total. The van der Waals surface area contributed by atoms with Crippen molar-refractivity contribution in [3.63, 3.8) is 0 Å². The minimum absolute atomic E-state index is 0.194. The number of amides is 1. The molecule has 2 aromatic heterocycles. The summed E-state index contributed by atoms with van der Waals surface area (Å²) >= 11 is 3.42. The number of nitrogens with one attached hydrogen (secondary N) is 1. The minimum atomic E-state index is -0.194. The van der Waals surface area contributed by atoms with Gasteiger partial charge in [0.1, 0.15) is 5.65 Å². The van der Waals surface area contributed by atoms with E-state index >= 15 is 0 Å². The highest BCUT2D eigenvalue weighted by Gasteiger charge is 2.12. The van der Waals surface area contributed by atoms with Gasteiger partial charge in [0.05, 0.1) is 11.4 Å². The molecule has 0 radical (unpaired) electrons. The number of aryl methyl sites for hydroxylation is 2. The Kier molecular flexibility index (Phi) is 5.32. The Hall–Kier alpha value is -3.18. The molecule has 0 aliphatic heterocycles. The summed E-state index contributed by atoms with van der Waals surface area (Å²) in [6, 6.07) is 19.8. The van der Waals surface area contributed by atoms with Crippen molar-refractivity contribution in [2.75, 3.05) is 5.32 Å². The van der Waals surface area contributed by atoms with Crippen molar-refractivity contribution in [1.29, 1.82) is 0 Å². The third-order valence-electron chi connectivity index (χ3n) is 4.63. The summed E-state index contributed by atoms with van der Waals surface area (Å²) in [4.78, 5) is 17.3. The lowest BCUT2D eigenvalue weighted by atomic mass is 10.1. The molecule has 0 bridgehead atoms. The van der Waals surface area contributed by atoms with Gasteiger partial charge in [0, 0.05) is 28.0 Å². The summed E-state index contributed by atoms with van der Waals surface area (Å²) in [5.74, 6) is -0.194. The molecule has 0 spiro atoms. The lowest BCUT2D eigenvalue weighted by Crippen LogP contribution is -2.07. The Balaban J connectivity index is 1.71. The van der Waals surface area contributed by atoms with E-state index in [-0.39, 0.29) is 5.91 Å². The molecule has 1 amide bonds. The molecule has 5 heteroatoms. The standard InChI is InChI=1S/C24H20BrN3O/c1-16-6-8-18(9-7-16)24-21(28-13-12-17(2)14-22(28)27-24)10-11-23(29)26-20-5-3-4-19(25)15-20/h3-15H,1-2H3,(H,26,29)/b11-10+. The summed E-state index contributed by atoms with van der Waals surface area (Å²) in [5, 5.41) is 2.88. The molecule has 4 rings (SSSR count). The number of halogens is 1. The first-order valence-electron chi connectivity index (χ1n) is 9.30. The SMILES string of the molecule is Cc1ccc(-c2nc3cc(C)ccn3c2/C=C/C(=O)Nc2cccc(Br)c2)cc1. The molecule has 2 aromatic carbocycles. The van der Waals surface area contributed by atoms with Crippen molar-refractivity contribution in [2.24, 2.45) is 0 Å². The van der Waals surface area contributed by atoms with Crippen LogP contribution in [0, 0.1) is 13.8 Å². The molecule has 0 unspecified atom stereocenters. The fourth-order valence-electron chi connectivity index (χ4n) is 3.15. The normalized spacial score (nSPS) is 11.3. The van der Waals surface area contributed by atoms with E-state index in [9.17, 15) is 4.79 Å². The smallest absolute Gasteiger partial charge is 0.248 e. The topological polar surface area (TPSA) is 46.4 Å². The molecule has 0 atom stereocenters. The lowest BCUT2D eigenvalue weighted by molar-refractivity contribution is -0.111. The van der Waals surface area contributed by atoms with E-state index < -0.39 is 0 Å². The number of fused-ring (bicyclic) bond motifs is 1. The maximum atomic E-state index is 12.5. The number of nitrogens with zero attached hydrogens (tertiary/aromatic N) is 2. The predicted molar refractivity (Wildman–Crippen MR) is 122 cm³/mol. The summed E-state index contributed by atoms with van der Waals surface area (Å²) in [6.45, 7) is 4.10. The van der Waals surface area contributed by atoms with Crippen LogP contribution in [0.25, 0.3) is 23.0 Å². The van der Waals surface area contributed by atoms with Crippen LogP contribution in [0.15, 0.2) is 77.4 Å². The Labute approximate surface area is 178 Å². The van der Waals surface area contributed by atoms with E-state index in [0.29, 0.717) is 0 Å². The van der Waals surface area contributed by atoms with E-state index in [0.717, 1.165) is 38.3 Å². The molecule has 0 saturated heterocycles. The molecular formula is C24H20BrN3O. The number of rotatable bonds is 4. The number of imidazole rings is 1. The zero-order valence-corrected chi connectivity index (χ0v) is 17.8. The molecule has 2 heterocycles. The van der Waals surface area contributed by atoms with Gasteiger partial charge in [-0.3, -0.25) is 9.20 Å². The van der Waals surface area contributed by atoms with Gasteiger partial charge in [-0.05, 0) is 55.8 Å². The number of aromatic nitrogens is 2. The zero-order valence-electron chi connectivity index (χ0n) is 16.2. The van der Waals surface area contributed by atoms with Crippen LogP contribution in [-0.2, 0) is 4.79 Å². The molecule has 0 aliphatic carbocycles. The fourth-order valence-corrected chi connectivity index (χ4v) is 3.55. The Morgan fingerprint density at radius 2 is 1.83 bits per heavy atom. The van der Waals surface area contributed by atoms with Crippen LogP contribution >= 0.6 is 15.9 Å². The van der Waals surface area contributed by atoms with Crippen LogP contribution in [0.4, 0.5) is 5.69 Å². The van der Waals surface area contributed by atoms with E-state index in [1.165, 1.54) is 5.56 Å². The van der Waals surface area contributed by atoms with Crippen LogP contribution in [0.3, 0.4) is 0 Å². The Bertz CT molecular complexity index is 1220. The molecule has 4 aromatic rings. The quantitative estimate of drug-likeness (QED) is 0.389. The predicted octanol–water partition coefficient (Wildman–Crippen LogP) is 6.03. The van der Waals surface area contributed by atoms with Crippen LogP contribution in [0.1, 0.15) is 16.8 Å². The first-order valence-corrected chi connectivity index (χ1v) is 10.1. The largest absolute Gasteiger partial charge is 0.322 e. The maximum absolute atomic E-state index is 12.5. The van der Waals surface area contributed by atoms with Crippen molar-refractivity contribution in [1.82, 2.24) is 9.38 Å². The average molecular weight is 446 g/mol. The van der Waals surface area contributed by atoms with Gasteiger partial charge in [0.15, 0.2) is 0 Å². The first-order chi connectivity index (χ1) is 14.0. The van der Waals surface area contributed by atoms with E-state index in [1.54, 1.807) is 6.08 Å². The lowest BCUT2D eigenvalue weighted by Gasteiger charge is -2.04. The number of pyridine rings is 1. The van der Waals surface area contributed by atoms with Gasteiger partial charge in [-0.2, -0.15) is 0 Å². The van der Waals surface area contributed by atoms with Crippen LogP contribution in [0.2, 0.25) is 0 Å². The van der Waals surface area contributed by atoms with Crippen molar-refractivity contribution in [2.45, 2.75) is 13.8 Å². The first kappa shape index (κ1) is 19.2. The van der Waals surface area contributed by atoms with E-state index in [4.69, 9.17) is 4.98 Å². The maximum Gasteiger partial charge on any atom is 0.248 e. The summed E-state index contributed by atoms with van der Waals surface area (Å²) < 4.78 is 2.92. The molecule has 0 aliphatic rings. The molecule has 29 heavy (non-hydrogen) atoms. The third-order valence-corrected chi connectivity index (χ3v) is 5.12. The third kappa shape index (κ3) is 4.30. The fraction of sp³-hybridized carbons (Fsp3) is 0.0833. The van der Waals surface area contributed by atoms with Crippen LogP contribution < -0.4 is 5.32 Å². The minimum Gasteiger partial charge on any atom is -0.322 e. The summed E-state index contributed by atoms with van der Waals surface area (Å²) in [6.07, 6.45) is 5.35. The van der Waals surface area contributed by atoms with Crippen LogP contribution in [-0.4, -0.2) is 15.3 Å². The second kappa shape index (κ2) is 8.05. The average Bonchev–Trinajstić information content (AvgIpc) is 3.04. The monoisotopic (exact) mass is 445 g/mol. The van der Waals surface area contributed by atoms with Gasteiger partial charge in [-0.15, -0.1) is 0 Å². The highest BCUT2D eigenvalue weighted by atomic mass is 79.9. The number of anilines is 1. The molecule has 4 nitrogen and oxygen atoms in total. The molecule has 0 saturated carbocycles. The Morgan fingerprint density at radius 3 is 2.59 bits per heavy atom. The number of hydrogen-bond acceptors (Lipinski definition) is 2. The van der Waals surface area contributed by atoms with Crippen molar-refractivity contribution in [3.8, 4) is 11.3 Å². The number of carbonyl (C=O) groups is 1. The van der Waals surface area contributed by atoms with Gasteiger partial charge < -0.3 is 5.32 Å². The van der Waals surface area contributed by atoms with Crippen molar-refractivity contribution >= 4 is 39.2 Å².